The second-order valence-electron chi connectivity index (χ2n) is 6.49. The molecule has 106 valence electrons. The number of nitrogens with one attached hydrogen (secondary N) is 1. The van der Waals surface area contributed by atoms with E-state index < -0.39 is 0 Å². The summed E-state index contributed by atoms with van der Waals surface area (Å²) in [5, 5.41) is 3.97. The molecule has 1 N–H and O–H groups in total. The maximum Gasteiger partial charge on any atom is 0.0934 e. The van der Waals surface area contributed by atoms with Crippen LogP contribution in [0.1, 0.15) is 62.4 Å². The van der Waals surface area contributed by atoms with Crippen molar-refractivity contribution in [2.75, 3.05) is 0 Å². The lowest BCUT2D eigenvalue weighted by molar-refractivity contribution is 0.192. The standard InChI is InChI=1S/C16H24ClNS/c1-10(2)11-5-3-4-6-13(11)18-14-7-8-15-12(14)9-16(17)19-15/h9-11,13-14,18H,3-8H2,1-2H3. The number of halogens is 1. The molecule has 0 amide bonds. The van der Waals surface area contributed by atoms with E-state index in [2.05, 4.69) is 25.2 Å². The van der Waals surface area contributed by atoms with Gasteiger partial charge in [-0.25, -0.2) is 0 Å². The fraction of sp³-hybridized carbons (Fsp3) is 0.750. The molecule has 0 spiro atoms. The zero-order valence-corrected chi connectivity index (χ0v) is 13.5. The van der Waals surface area contributed by atoms with Crippen molar-refractivity contribution in [3.8, 4) is 0 Å². The topological polar surface area (TPSA) is 12.0 Å². The normalized spacial score (nSPS) is 30.8. The first-order chi connectivity index (χ1) is 9.15. The van der Waals surface area contributed by atoms with E-state index in [4.69, 9.17) is 11.6 Å². The van der Waals surface area contributed by atoms with Crippen molar-refractivity contribution in [2.45, 2.75) is 64.5 Å². The molecular formula is C16H24ClNS. The van der Waals surface area contributed by atoms with Crippen molar-refractivity contribution in [3.05, 3.63) is 20.8 Å². The average Bonchev–Trinajstić information content (AvgIpc) is 2.91. The summed E-state index contributed by atoms with van der Waals surface area (Å²) in [4.78, 5) is 1.51. The highest BCUT2D eigenvalue weighted by molar-refractivity contribution is 7.16. The fourth-order valence-corrected chi connectivity index (χ4v) is 5.28. The van der Waals surface area contributed by atoms with E-state index in [-0.39, 0.29) is 0 Å². The molecule has 0 radical (unpaired) electrons. The van der Waals surface area contributed by atoms with E-state index in [1.54, 1.807) is 11.3 Å². The number of aryl methyl sites for hydroxylation is 1. The molecule has 1 nitrogen and oxygen atoms in total. The maximum absolute atomic E-state index is 6.16. The molecule has 1 aromatic heterocycles. The molecule has 0 bridgehead atoms. The van der Waals surface area contributed by atoms with Crippen molar-refractivity contribution >= 4 is 22.9 Å². The largest absolute Gasteiger partial charge is 0.307 e. The molecule has 1 aromatic rings. The highest BCUT2D eigenvalue weighted by Crippen LogP contribution is 2.41. The summed E-state index contributed by atoms with van der Waals surface area (Å²) < 4.78 is 0.959. The smallest absolute Gasteiger partial charge is 0.0934 e. The SMILES string of the molecule is CC(C)C1CCCCC1NC1CCc2sc(Cl)cc21. The molecule has 2 aliphatic carbocycles. The number of hydrogen-bond donors (Lipinski definition) is 1. The summed E-state index contributed by atoms with van der Waals surface area (Å²) in [7, 11) is 0. The zero-order chi connectivity index (χ0) is 13.4. The fourth-order valence-electron chi connectivity index (χ4n) is 3.93. The second kappa shape index (κ2) is 5.75. The highest BCUT2D eigenvalue weighted by atomic mass is 35.5. The van der Waals surface area contributed by atoms with Crippen LogP contribution in [0, 0.1) is 11.8 Å². The van der Waals surface area contributed by atoms with Gasteiger partial charge in [0.1, 0.15) is 0 Å². The summed E-state index contributed by atoms with van der Waals surface area (Å²) in [6.07, 6.45) is 8.04. The van der Waals surface area contributed by atoms with Gasteiger partial charge in [-0.3, -0.25) is 0 Å². The molecule has 19 heavy (non-hydrogen) atoms. The van der Waals surface area contributed by atoms with Gasteiger partial charge >= 0.3 is 0 Å². The van der Waals surface area contributed by atoms with E-state index >= 15 is 0 Å². The van der Waals surface area contributed by atoms with Crippen LogP contribution >= 0.6 is 22.9 Å². The summed E-state index contributed by atoms with van der Waals surface area (Å²) in [6.45, 7) is 4.76. The Bertz CT molecular complexity index is 440. The zero-order valence-electron chi connectivity index (χ0n) is 11.9. The van der Waals surface area contributed by atoms with Crippen LogP contribution in [-0.4, -0.2) is 6.04 Å². The van der Waals surface area contributed by atoms with Gasteiger partial charge in [0.05, 0.1) is 4.34 Å². The van der Waals surface area contributed by atoms with E-state index in [1.165, 1.54) is 49.0 Å². The van der Waals surface area contributed by atoms with Crippen molar-refractivity contribution in [2.24, 2.45) is 11.8 Å². The monoisotopic (exact) mass is 297 g/mol. The first-order valence-corrected chi connectivity index (χ1v) is 8.88. The summed E-state index contributed by atoms with van der Waals surface area (Å²) in [5.41, 5.74) is 1.49. The predicted molar refractivity (Wildman–Crippen MR) is 84.1 cm³/mol. The van der Waals surface area contributed by atoms with Crippen molar-refractivity contribution in [3.63, 3.8) is 0 Å². The quantitative estimate of drug-likeness (QED) is 0.809. The van der Waals surface area contributed by atoms with Crippen LogP contribution in [0.5, 0.6) is 0 Å². The minimum absolute atomic E-state index is 0.558. The molecule has 3 rings (SSSR count). The van der Waals surface area contributed by atoms with Crippen LogP contribution in [0.25, 0.3) is 0 Å². The minimum Gasteiger partial charge on any atom is -0.307 e. The van der Waals surface area contributed by atoms with Gasteiger partial charge in [0.25, 0.3) is 0 Å². The van der Waals surface area contributed by atoms with Gasteiger partial charge < -0.3 is 5.32 Å². The predicted octanol–water partition coefficient (Wildman–Crippen LogP) is 5.19. The molecule has 1 fully saturated rings. The van der Waals surface area contributed by atoms with Crippen LogP contribution in [-0.2, 0) is 6.42 Å². The third-order valence-electron chi connectivity index (χ3n) is 4.94. The van der Waals surface area contributed by atoms with Gasteiger partial charge in [0, 0.05) is 17.0 Å². The number of thiophene rings is 1. The van der Waals surface area contributed by atoms with Crippen LogP contribution in [0.15, 0.2) is 6.07 Å². The van der Waals surface area contributed by atoms with Gasteiger partial charge in [0.15, 0.2) is 0 Å². The van der Waals surface area contributed by atoms with Crippen LogP contribution < -0.4 is 5.32 Å². The summed E-state index contributed by atoms with van der Waals surface area (Å²) >= 11 is 7.93. The first-order valence-electron chi connectivity index (χ1n) is 7.69. The lowest BCUT2D eigenvalue weighted by atomic mass is 9.77. The van der Waals surface area contributed by atoms with E-state index in [0.717, 1.165) is 16.2 Å². The molecule has 3 heteroatoms. The van der Waals surface area contributed by atoms with Gasteiger partial charge in [0.2, 0.25) is 0 Å². The molecular weight excluding hydrogens is 274 g/mol. The molecule has 0 saturated heterocycles. The lowest BCUT2D eigenvalue weighted by Gasteiger charge is -2.37. The summed E-state index contributed by atoms with van der Waals surface area (Å²) in [5.74, 6) is 1.65. The second-order valence-corrected chi connectivity index (χ2v) is 8.25. The van der Waals surface area contributed by atoms with Crippen LogP contribution in [0.4, 0.5) is 0 Å². The molecule has 2 aliphatic rings. The molecule has 3 atom stereocenters. The molecule has 3 unspecified atom stereocenters. The summed E-state index contributed by atoms with van der Waals surface area (Å²) in [6, 6.07) is 3.46. The first kappa shape index (κ1) is 13.9. The van der Waals surface area contributed by atoms with Gasteiger partial charge in [-0.2, -0.15) is 0 Å². The Balaban J connectivity index is 1.70. The molecule has 0 aromatic carbocycles. The van der Waals surface area contributed by atoms with Crippen LogP contribution in [0.2, 0.25) is 4.34 Å². The Morgan fingerprint density at radius 3 is 2.84 bits per heavy atom. The number of hydrogen-bond acceptors (Lipinski definition) is 2. The highest BCUT2D eigenvalue weighted by Gasteiger charge is 2.32. The minimum atomic E-state index is 0.558. The van der Waals surface area contributed by atoms with Gasteiger partial charge in [-0.1, -0.05) is 38.3 Å². The van der Waals surface area contributed by atoms with Crippen molar-refractivity contribution < 1.29 is 0 Å². The van der Waals surface area contributed by atoms with Gasteiger partial charge in [-0.15, -0.1) is 11.3 Å². The average molecular weight is 298 g/mol. The number of fused-ring (bicyclic) bond motifs is 1. The van der Waals surface area contributed by atoms with E-state index in [1.807, 2.05) is 0 Å². The van der Waals surface area contributed by atoms with Gasteiger partial charge in [-0.05, 0) is 49.1 Å². The third kappa shape index (κ3) is 2.86. The third-order valence-corrected chi connectivity index (χ3v) is 6.28. The Morgan fingerprint density at radius 2 is 2.05 bits per heavy atom. The van der Waals surface area contributed by atoms with Crippen molar-refractivity contribution in [1.29, 1.82) is 0 Å². The molecule has 1 heterocycles. The Hall–Kier alpha value is -0.0500. The lowest BCUT2D eigenvalue weighted by Crippen LogP contribution is -2.42. The van der Waals surface area contributed by atoms with Crippen LogP contribution in [0.3, 0.4) is 0 Å². The number of rotatable bonds is 3. The van der Waals surface area contributed by atoms with E-state index in [9.17, 15) is 0 Å². The maximum atomic E-state index is 6.16. The van der Waals surface area contributed by atoms with E-state index in [0.29, 0.717) is 12.1 Å². The Kier molecular flexibility index (Phi) is 4.21. The Labute approximate surface area is 125 Å². The van der Waals surface area contributed by atoms with Crippen molar-refractivity contribution in [1.82, 2.24) is 5.32 Å². The Morgan fingerprint density at radius 1 is 1.26 bits per heavy atom. The molecule has 1 saturated carbocycles. The molecule has 0 aliphatic heterocycles.